The Morgan fingerprint density at radius 3 is 2.81 bits per heavy atom. The summed E-state index contributed by atoms with van der Waals surface area (Å²) in [5, 5.41) is 22.0. The van der Waals surface area contributed by atoms with Gasteiger partial charge in [0.1, 0.15) is 11.8 Å². The predicted octanol–water partition coefficient (Wildman–Crippen LogP) is -0.399. The molecule has 0 spiro atoms. The molecular weight excluding hydrogens is 535 g/mol. The first-order valence-corrected chi connectivity index (χ1v) is 10.8. The van der Waals surface area contributed by atoms with E-state index in [2.05, 4.69) is 26.0 Å². The molecule has 32 heavy (non-hydrogen) atoms. The molecule has 0 bridgehead atoms. The van der Waals surface area contributed by atoms with Crippen molar-refractivity contribution >= 4 is 51.9 Å². The molecule has 2 aliphatic heterocycles. The van der Waals surface area contributed by atoms with Gasteiger partial charge >= 0.3 is 0 Å². The number of halogens is 1. The molecule has 0 aromatic heterocycles. The minimum Gasteiger partial charge on any atom is -0.507 e. The predicted molar refractivity (Wildman–Crippen MR) is 120 cm³/mol. The van der Waals surface area contributed by atoms with Gasteiger partial charge in [0.05, 0.1) is 23.8 Å². The number of amides is 4. The van der Waals surface area contributed by atoms with Crippen LogP contribution in [0.15, 0.2) is 17.2 Å². The molecule has 170 valence electrons. The summed E-state index contributed by atoms with van der Waals surface area (Å²) in [4.78, 5) is 52.4. The molecule has 1 aromatic carbocycles. The van der Waals surface area contributed by atoms with Crippen molar-refractivity contribution < 1.29 is 24.3 Å². The van der Waals surface area contributed by atoms with Gasteiger partial charge in [0, 0.05) is 27.6 Å². The average molecular weight is 556 g/mol. The maximum absolute atomic E-state index is 12.6. The van der Waals surface area contributed by atoms with Crippen LogP contribution in [0.4, 0.5) is 5.69 Å². The fourth-order valence-electron chi connectivity index (χ4n) is 3.66. The Morgan fingerprint density at radius 1 is 1.38 bits per heavy atom. The van der Waals surface area contributed by atoms with Gasteiger partial charge in [-0.1, -0.05) is 5.11 Å². The van der Waals surface area contributed by atoms with Gasteiger partial charge in [0.2, 0.25) is 17.7 Å². The van der Waals surface area contributed by atoms with Crippen molar-refractivity contribution in [1.29, 1.82) is 0 Å². The summed E-state index contributed by atoms with van der Waals surface area (Å²) in [6, 6.07) is 0.911. The first kappa shape index (κ1) is 23.6. The number of carbonyl (C=O) groups excluding carboxylic acids is 4. The number of nitrogens with zero attached hydrogens (tertiary/aromatic N) is 4. The number of phenolic OH excluding ortho intramolecular Hbond substituents is 1. The van der Waals surface area contributed by atoms with E-state index in [1.54, 1.807) is 0 Å². The van der Waals surface area contributed by atoms with Crippen LogP contribution in [0.2, 0.25) is 0 Å². The maximum Gasteiger partial charge on any atom is 0.255 e. The number of hydrogen-bond acceptors (Lipinski definition) is 7. The van der Waals surface area contributed by atoms with E-state index in [4.69, 9.17) is 11.3 Å². The van der Waals surface area contributed by atoms with Gasteiger partial charge in [-0.15, -0.1) is 0 Å². The van der Waals surface area contributed by atoms with E-state index in [0.29, 0.717) is 23.1 Å². The van der Waals surface area contributed by atoms with Crippen molar-refractivity contribution in [2.75, 3.05) is 19.6 Å². The van der Waals surface area contributed by atoms with Gasteiger partial charge in [-0.05, 0) is 53.1 Å². The van der Waals surface area contributed by atoms with Crippen LogP contribution in [0.25, 0.3) is 10.4 Å². The molecule has 3 rings (SSSR count). The average Bonchev–Trinajstić information content (AvgIpc) is 3.32. The fraction of sp³-hybridized carbons (Fsp3) is 0.444. The molecule has 2 saturated heterocycles. The zero-order valence-electron chi connectivity index (χ0n) is 16.7. The van der Waals surface area contributed by atoms with Gasteiger partial charge < -0.3 is 31.7 Å². The molecule has 0 aliphatic carbocycles. The van der Waals surface area contributed by atoms with E-state index in [9.17, 15) is 24.3 Å². The van der Waals surface area contributed by atoms with E-state index in [1.165, 1.54) is 17.0 Å². The highest BCUT2D eigenvalue weighted by molar-refractivity contribution is 14.1. The smallest absolute Gasteiger partial charge is 0.255 e. The van der Waals surface area contributed by atoms with E-state index >= 15 is 0 Å². The monoisotopic (exact) mass is 556 g/mol. The maximum atomic E-state index is 12.6. The number of carbonyl (C=O) groups is 4. The van der Waals surface area contributed by atoms with Crippen LogP contribution in [-0.2, 0) is 14.4 Å². The normalized spacial score (nSPS) is 22.3. The lowest BCUT2D eigenvalue weighted by atomic mass is 10.1. The van der Waals surface area contributed by atoms with Crippen molar-refractivity contribution in [2.24, 2.45) is 10.8 Å². The summed E-state index contributed by atoms with van der Waals surface area (Å²) >= 11 is 1.89. The van der Waals surface area contributed by atoms with Crippen LogP contribution in [0.5, 0.6) is 5.75 Å². The second-order valence-corrected chi connectivity index (χ2v) is 8.62. The van der Waals surface area contributed by atoms with Crippen molar-refractivity contribution in [3.05, 3.63) is 31.7 Å². The zero-order valence-corrected chi connectivity index (χ0v) is 18.9. The molecular formula is C18H21IN8O5. The van der Waals surface area contributed by atoms with E-state index in [0.717, 1.165) is 0 Å². The summed E-state index contributed by atoms with van der Waals surface area (Å²) in [6.07, 6.45) is 0.673. The van der Waals surface area contributed by atoms with Crippen LogP contribution < -0.4 is 21.7 Å². The highest BCUT2D eigenvalue weighted by Gasteiger charge is 2.37. The van der Waals surface area contributed by atoms with Gasteiger partial charge in [-0.2, -0.15) is 0 Å². The van der Waals surface area contributed by atoms with E-state index < -0.39 is 23.9 Å². The molecule has 4 amide bonds. The molecule has 2 heterocycles. The largest absolute Gasteiger partial charge is 0.507 e. The second kappa shape index (κ2) is 10.0. The molecule has 0 saturated carbocycles. The molecule has 14 heteroatoms. The Hall–Kier alpha value is -3.10. The van der Waals surface area contributed by atoms with Gasteiger partial charge in [0.25, 0.3) is 5.91 Å². The number of benzene rings is 1. The summed E-state index contributed by atoms with van der Waals surface area (Å²) in [5.41, 5.74) is 13.9. The van der Waals surface area contributed by atoms with Gasteiger partial charge in [0.15, 0.2) is 0 Å². The van der Waals surface area contributed by atoms with E-state index in [-0.39, 0.29) is 47.8 Å². The molecule has 13 nitrogen and oxygen atoms in total. The number of nitrogens with two attached hydrogens (primary N) is 1. The van der Waals surface area contributed by atoms with Crippen LogP contribution in [0, 0.1) is 3.57 Å². The standard InChI is InChI=1S/C18H21IN8O5/c19-10-4-9(14(28)5-12(10)25-26-21)16(30)23-8-3-13(22-6-8)17(31)24-11-1-2-27(18(11)32)7-15(20)29/h4-5,8,11,13,22,28H,1-3,6-7H2,(H2,20,29)(H,23,30)(H,24,31)/t8-,11+,13-/m0/s1. The number of phenols is 1. The third-order valence-electron chi connectivity index (χ3n) is 5.21. The number of azide groups is 1. The van der Waals surface area contributed by atoms with Crippen molar-refractivity contribution in [1.82, 2.24) is 20.9 Å². The number of rotatable bonds is 7. The van der Waals surface area contributed by atoms with Crippen molar-refractivity contribution in [3.63, 3.8) is 0 Å². The first-order chi connectivity index (χ1) is 15.2. The SMILES string of the molecule is [N-]=[N+]=Nc1cc(O)c(C(=O)N[C@@H]2CN[C@H](C(=O)N[C@@H]3CCN(CC(N)=O)C3=O)C2)cc1I. The lowest BCUT2D eigenvalue weighted by molar-refractivity contribution is -0.135. The molecule has 2 aliphatic rings. The lowest BCUT2D eigenvalue weighted by Crippen LogP contribution is -2.48. The quantitative estimate of drug-likeness (QED) is 0.131. The summed E-state index contributed by atoms with van der Waals surface area (Å²) in [5.74, 6) is -2.21. The molecule has 0 radical (unpaired) electrons. The third-order valence-corrected chi connectivity index (χ3v) is 6.07. The van der Waals surface area contributed by atoms with Gasteiger partial charge in [-0.25, -0.2) is 0 Å². The van der Waals surface area contributed by atoms with Crippen molar-refractivity contribution in [2.45, 2.75) is 31.0 Å². The van der Waals surface area contributed by atoms with Crippen LogP contribution in [0.1, 0.15) is 23.2 Å². The summed E-state index contributed by atoms with van der Waals surface area (Å²) < 4.78 is 0.497. The van der Waals surface area contributed by atoms with Crippen LogP contribution >= 0.6 is 22.6 Å². The Labute approximate surface area is 195 Å². The molecule has 1 aromatic rings. The third kappa shape index (κ3) is 5.38. The topological polar surface area (TPSA) is 203 Å². The number of aromatic hydroxyl groups is 1. The second-order valence-electron chi connectivity index (χ2n) is 7.45. The molecule has 2 fully saturated rings. The number of primary amides is 1. The number of likely N-dealkylation sites (tertiary alicyclic amines) is 1. The van der Waals surface area contributed by atoms with Gasteiger partial charge in [-0.3, -0.25) is 19.2 Å². The van der Waals surface area contributed by atoms with E-state index in [1.807, 2.05) is 22.6 Å². The molecule has 6 N–H and O–H groups in total. The Bertz CT molecular complexity index is 1010. The highest BCUT2D eigenvalue weighted by Crippen LogP contribution is 2.30. The van der Waals surface area contributed by atoms with Crippen LogP contribution in [0.3, 0.4) is 0 Å². The summed E-state index contributed by atoms with van der Waals surface area (Å²) in [7, 11) is 0. The minimum atomic E-state index is -0.717. The molecule has 3 atom stereocenters. The van der Waals surface area contributed by atoms with Crippen molar-refractivity contribution in [3.8, 4) is 5.75 Å². The lowest BCUT2D eigenvalue weighted by Gasteiger charge is -2.17. The Morgan fingerprint density at radius 2 is 2.12 bits per heavy atom. The van der Waals surface area contributed by atoms with Crippen LogP contribution in [-0.4, -0.2) is 71.4 Å². The Kier molecular flexibility index (Phi) is 7.37. The number of hydrogen-bond donors (Lipinski definition) is 5. The molecule has 0 unspecified atom stereocenters. The first-order valence-electron chi connectivity index (χ1n) is 9.69. The minimum absolute atomic E-state index is 0.0188. The Balaban J connectivity index is 1.54. The fourth-order valence-corrected chi connectivity index (χ4v) is 4.23. The number of nitrogens with one attached hydrogen (secondary N) is 3. The zero-order chi connectivity index (χ0) is 23.4. The highest BCUT2D eigenvalue weighted by atomic mass is 127. The summed E-state index contributed by atoms with van der Waals surface area (Å²) in [6.45, 7) is 0.478.